The molecule has 1 heterocycles. The maximum absolute atomic E-state index is 11.5. The lowest BCUT2D eigenvalue weighted by Crippen LogP contribution is -2.20. The first-order valence-electron chi connectivity index (χ1n) is 6.61. The third-order valence-electron chi connectivity index (χ3n) is 3.07. The molecule has 0 unspecified atom stereocenters. The van der Waals surface area contributed by atoms with Crippen LogP contribution in [0.3, 0.4) is 0 Å². The number of sulfonamides is 1. The lowest BCUT2D eigenvalue weighted by atomic mass is 10.1. The summed E-state index contributed by atoms with van der Waals surface area (Å²) in [5, 5.41) is 11.9. The Balaban J connectivity index is 1.95. The number of benzene rings is 1. The Morgan fingerprint density at radius 3 is 2.36 bits per heavy atom. The summed E-state index contributed by atoms with van der Waals surface area (Å²) in [6.07, 6.45) is 1.60. The van der Waals surface area contributed by atoms with Crippen LogP contribution in [-0.2, 0) is 22.3 Å². The van der Waals surface area contributed by atoms with E-state index < -0.39 is 10.0 Å². The molecule has 0 spiro atoms. The van der Waals surface area contributed by atoms with E-state index in [9.17, 15) is 8.42 Å². The number of aromatic nitrogens is 1. The smallest absolute Gasteiger partial charge is 0.215 e. The van der Waals surface area contributed by atoms with Crippen LogP contribution in [0.4, 0.5) is 5.69 Å². The molecule has 22 heavy (non-hydrogen) atoms. The number of nitrogens with zero attached hydrogens (tertiary/aromatic N) is 2. The minimum absolute atomic E-state index is 0.0310. The van der Waals surface area contributed by atoms with Crippen LogP contribution >= 0.6 is 0 Å². The summed E-state index contributed by atoms with van der Waals surface area (Å²) in [4.78, 5) is 3.98. The fourth-order valence-electron chi connectivity index (χ4n) is 1.81. The molecule has 0 aliphatic heterocycles. The van der Waals surface area contributed by atoms with Gasteiger partial charge in [-0.2, -0.15) is 5.26 Å². The van der Waals surface area contributed by atoms with Crippen LogP contribution in [0.1, 0.15) is 16.8 Å². The van der Waals surface area contributed by atoms with E-state index in [0.717, 1.165) is 16.8 Å². The van der Waals surface area contributed by atoms with Crippen molar-refractivity contribution >= 4 is 15.7 Å². The molecule has 0 bridgehead atoms. The maximum Gasteiger partial charge on any atom is 0.215 e. The summed E-state index contributed by atoms with van der Waals surface area (Å²) in [6.45, 7) is 0.590. The van der Waals surface area contributed by atoms with Crippen molar-refractivity contribution in [3.63, 3.8) is 0 Å². The average Bonchev–Trinajstić information content (AvgIpc) is 2.54. The first-order chi connectivity index (χ1) is 10.5. The fourth-order valence-corrected chi connectivity index (χ4v) is 2.59. The highest BCUT2D eigenvalue weighted by Gasteiger charge is 2.08. The molecule has 0 atom stereocenters. The molecule has 0 radical (unpaired) electrons. The van der Waals surface area contributed by atoms with Gasteiger partial charge >= 0.3 is 0 Å². The standard InChI is InChI=1S/C15H16N4O2S/c1-17-22(20,21)11-13-4-2-12(3-5-13)9-18-15-7-6-14(8-16)19-10-15/h2-7,10,17-18H,9,11H2,1H3. The molecule has 1 aromatic heterocycles. The number of anilines is 1. The Morgan fingerprint density at radius 1 is 1.14 bits per heavy atom. The molecule has 7 heteroatoms. The summed E-state index contributed by atoms with van der Waals surface area (Å²) in [7, 11) is -1.85. The summed E-state index contributed by atoms with van der Waals surface area (Å²) in [5.41, 5.74) is 2.95. The van der Waals surface area contributed by atoms with Crippen molar-refractivity contribution in [1.82, 2.24) is 9.71 Å². The van der Waals surface area contributed by atoms with Gasteiger partial charge in [-0.25, -0.2) is 18.1 Å². The summed E-state index contributed by atoms with van der Waals surface area (Å²) in [5.74, 6) is -0.0310. The second-order valence-corrected chi connectivity index (χ2v) is 6.60. The third-order valence-corrected chi connectivity index (χ3v) is 4.40. The molecule has 2 rings (SSSR count). The molecular formula is C15H16N4O2S. The van der Waals surface area contributed by atoms with Crippen molar-refractivity contribution in [1.29, 1.82) is 5.26 Å². The number of pyridine rings is 1. The van der Waals surface area contributed by atoms with Gasteiger partial charge in [0.2, 0.25) is 10.0 Å². The lowest BCUT2D eigenvalue weighted by molar-refractivity contribution is 0.587. The molecule has 0 amide bonds. The summed E-state index contributed by atoms with van der Waals surface area (Å²) in [6, 6.07) is 12.8. The van der Waals surface area contributed by atoms with Crippen LogP contribution in [0.15, 0.2) is 42.6 Å². The Kier molecular flexibility index (Phi) is 5.09. The van der Waals surface area contributed by atoms with Crippen molar-refractivity contribution in [3.05, 3.63) is 59.4 Å². The van der Waals surface area contributed by atoms with Gasteiger partial charge in [0, 0.05) is 6.54 Å². The second-order valence-electron chi connectivity index (χ2n) is 4.68. The van der Waals surface area contributed by atoms with E-state index in [-0.39, 0.29) is 5.75 Å². The molecule has 114 valence electrons. The van der Waals surface area contributed by atoms with Crippen molar-refractivity contribution in [2.45, 2.75) is 12.3 Å². The fraction of sp³-hybridized carbons (Fsp3) is 0.200. The molecule has 1 aromatic carbocycles. The van der Waals surface area contributed by atoms with Gasteiger partial charge in [-0.15, -0.1) is 0 Å². The molecule has 0 saturated carbocycles. The van der Waals surface area contributed by atoms with Gasteiger partial charge in [-0.3, -0.25) is 0 Å². The number of rotatable bonds is 6. The van der Waals surface area contributed by atoms with Gasteiger partial charge in [0.25, 0.3) is 0 Å². The van der Waals surface area contributed by atoms with Gasteiger partial charge < -0.3 is 5.32 Å². The van der Waals surface area contributed by atoms with E-state index in [1.807, 2.05) is 18.2 Å². The van der Waals surface area contributed by atoms with E-state index in [4.69, 9.17) is 5.26 Å². The van der Waals surface area contributed by atoms with Crippen molar-refractivity contribution in [2.75, 3.05) is 12.4 Å². The zero-order chi connectivity index (χ0) is 16.0. The molecule has 2 N–H and O–H groups in total. The average molecular weight is 316 g/mol. The Hall–Kier alpha value is -2.43. The first-order valence-corrected chi connectivity index (χ1v) is 8.27. The molecule has 2 aromatic rings. The SMILES string of the molecule is CNS(=O)(=O)Cc1ccc(CNc2ccc(C#N)nc2)cc1. The zero-order valence-electron chi connectivity index (χ0n) is 12.1. The number of nitrogens with one attached hydrogen (secondary N) is 2. The second kappa shape index (κ2) is 7.02. The van der Waals surface area contributed by atoms with E-state index in [0.29, 0.717) is 12.2 Å². The highest BCUT2D eigenvalue weighted by molar-refractivity contribution is 7.88. The quantitative estimate of drug-likeness (QED) is 0.844. The molecule has 6 nitrogen and oxygen atoms in total. The summed E-state index contributed by atoms with van der Waals surface area (Å²) >= 11 is 0. The molecule has 0 fully saturated rings. The number of nitriles is 1. The van der Waals surface area contributed by atoms with Crippen LogP contribution in [0, 0.1) is 11.3 Å². The van der Waals surface area contributed by atoms with E-state index in [1.165, 1.54) is 7.05 Å². The van der Waals surface area contributed by atoms with Crippen LogP contribution in [0.5, 0.6) is 0 Å². The van der Waals surface area contributed by atoms with Crippen LogP contribution in [0.25, 0.3) is 0 Å². The predicted octanol–water partition coefficient (Wildman–Crippen LogP) is 1.61. The van der Waals surface area contributed by atoms with Crippen molar-refractivity contribution < 1.29 is 8.42 Å². The monoisotopic (exact) mass is 316 g/mol. The van der Waals surface area contributed by atoms with Gasteiger partial charge in [0.15, 0.2) is 0 Å². The van der Waals surface area contributed by atoms with Crippen LogP contribution in [-0.4, -0.2) is 20.4 Å². The Labute approximate surface area is 129 Å². The Morgan fingerprint density at radius 2 is 1.82 bits per heavy atom. The van der Waals surface area contributed by atoms with Crippen molar-refractivity contribution in [2.24, 2.45) is 0 Å². The van der Waals surface area contributed by atoms with Gasteiger partial charge in [0.1, 0.15) is 11.8 Å². The number of hydrogen-bond acceptors (Lipinski definition) is 5. The van der Waals surface area contributed by atoms with E-state index >= 15 is 0 Å². The normalized spacial score (nSPS) is 10.9. The minimum atomic E-state index is -3.25. The van der Waals surface area contributed by atoms with Gasteiger partial charge in [-0.1, -0.05) is 24.3 Å². The van der Waals surface area contributed by atoms with Crippen molar-refractivity contribution in [3.8, 4) is 6.07 Å². The first kappa shape index (κ1) is 15.9. The topological polar surface area (TPSA) is 94.9 Å². The van der Waals surface area contributed by atoms with Crippen LogP contribution in [0.2, 0.25) is 0 Å². The molecule has 0 aliphatic rings. The maximum atomic E-state index is 11.5. The predicted molar refractivity (Wildman–Crippen MR) is 84.4 cm³/mol. The highest BCUT2D eigenvalue weighted by atomic mass is 32.2. The lowest BCUT2D eigenvalue weighted by Gasteiger charge is -2.07. The van der Waals surface area contributed by atoms with E-state index in [1.54, 1.807) is 30.5 Å². The Bertz CT molecular complexity index is 763. The van der Waals surface area contributed by atoms with Gasteiger partial charge in [0.05, 0.1) is 17.6 Å². The minimum Gasteiger partial charge on any atom is -0.380 e. The summed E-state index contributed by atoms with van der Waals surface area (Å²) < 4.78 is 25.2. The van der Waals surface area contributed by atoms with Crippen LogP contribution < -0.4 is 10.0 Å². The zero-order valence-corrected chi connectivity index (χ0v) is 12.9. The largest absolute Gasteiger partial charge is 0.380 e. The van der Waals surface area contributed by atoms with Gasteiger partial charge in [-0.05, 0) is 30.3 Å². The molecular weight excluding hydrogens is 300 g/mol. The van der Waals surface area contributed by atoms with E-state index in [2.05, 4.69) is 15.0 Å². The molecule has 0 saturated heterocycles. The highest BCUT2D eigenvalue weighted by Crippen LogP contribution is 2.11. The molecule has 0 aliphatic carbocycles. The third kappa shape index (κ3) is 4.55. The number of hydrogen-bond donors (Lipinski definition) is 2.